The maximum atomic E-state index is 8.87. The van der Waals surface area contributed by atoms with Crippen LogP contribution in [0.3, 0.4) is 0 Å². The molecule has 0 aromatic heterocycles. The van der Waals surface area contributed by atoms with Gasteiger partial charge in [0.05, 0.1) is 0 Å². The van der Waals surface area contributed by atoms with Gasteiger partial charge < -0.3 is 10.5 Å². The van der Waals surface area contributed by atoms with E-state index >= 15 is 0 Å². The van der Waals surface area contributed by atoms with Gasteiger partial charge in [0, 0.05) is 16.1 Å². The molecule has 1 aromatic rings. The molecule has 16 heavy (non-hydrogen) atoms. The molecule has 1 aromatic carbocycles. The van der Waals surface area contributed by atoms with Crippen molar-refractivity contribution in [1.29, 1.82) is 5.26 Å². The van der Waals surface area contributed by atoms with Crippen LogP contribution in [0.15, 0.2) is 22.7 Å². The first kappa shape index (κ1) is 13.0. The van der Waals surface area contributed by atoms with E-state index in [2.05, 4.69) is 22.0 Å². The molecule has 0 radical (unpaired) electrons. The number of halogens is 1. The van der Waals surface area contributed by atoms with Crippen molar-refractivity contribution in [3.8, 4) is 11.8 Å². The summed E-state index contributed by atoms with van der Waals surface area (Å²) in [6.07, 6.45) is 0.230. The molecule has 0 saturated heterocycles. The number of benzene rings is 1. The largest absolute Gasteiger partial charge is 0.475 e. The first-order valence-corrected chi connectivity index (χ1v) is 5.99. The minimum atomic E-state index is -0.424. The summed E-state index contributed by atoms with van der Waals surface area (Å²) in [5.74, 6) is 0.678. The van der Waals surface area contributed by atoms with E-state index in [-0.39, 0.29) is 6.04 Å². The minimum absolute atomic E-state index is 0.112. The molecule has 0 aliphatic rings. The van der Waals surface area contributed by atoms with Gasteiger partial charge in [-0.05, 0) is 25.5 Å². The second-order valence-electron chi connectivity index (χ2n) is 3.61. The van der Waals surface area contributed by atoms with E-state index in [0.717, 1.165) is 10.0 Å². The summed E-state index contributed by atoms with van der Waals surface area (Å²) in [5, 5.41) is 8.87. The van der Waals surface area contributed by atoms with Crippen molar-refractivity contribution in [3.05, 3.63) is 28.2 Å². The highest BCUT2D eigenvalue weighted by Crippen LogP contribution is 2.28. The molecular formula is C12H15BrN2O. The van der Waals surface area contributed by atoms with Crippen molar-refractivity contribution < 1.29 is 4.74 Å². The molecule has 0 saturated carbocycles. The molecule has 0 spiro atoms. The molecule has 0 heterocycles. The van der Waals surface area contributed by atoms with E-state index in [1.807, 2.05) is 32.0 Å². The molecule has 86 valence electrons. The van der Waals surface area contributed by atoms with Crippen LogP contribution in [0.1, 0.15) is 31.9 Å². The summed E-state index contributed by atoms with van der Waals surface area (Å²) < 4.78 is 6.53. The van der Waals surface area contributed by atoms with Gasteiger partial charge in [-0.1, -0.05) is 28.9 Å². The normalized spacial score (nSPS) is 13.9. The van der Waals surface area contributed by atoms with Crippen LogP contribution in [0.4, 0.5) is 0 Å². The van der Waals surface area contributed by atoms with E-state index in [4.69, 9.17) is 15.7 Å². The summed E-state index contributed by atoms with van der Waals surface area (Å²) in [5.41, 5.74) is 6.76. The van der Waals surface area contributed by atoms with Gasteiger partial charge in [-0.25, -0.2) is 0 Å². The molecule has 0 fully saturated rings. The first-order valence-electron chi connectivity index (χ1n) is 5.19. The van der Waals surface area contributed by atoms with Gasteiger partial charge in [-0.3, -0.25) is 0 Å². The minimum Gasteiger partial charge on any atom is -0.475 e. The van der Waals surface area contributed by atoms with E-state index in [1.165, 1.54) is 0 Å². The van der Waals surface area contributed by atoms with Gasteiger partial charge in [-0.2, -0.15) is 5.26 Å². The molecule has 0 aliphatic carbocycles. The van der Waals surface area contributed by atoms with Crippen molar-refractivity contribution >= 4 is 15.9 Å². The Hall–Kier alpha value is -1.05. The smallest absolute Gasteiger partial charge is 0.184 e. The third-order valence-corrected chi connectivity index (χ3v) is 2.74. The zero-order valence-corrected chi connectivity index (χ0v) is 11.0. The fourth-order valence-corrected chi connectivity index (χ4v) is 1.68. The van der Waals surface area contributed by atoms with Crippen molar-refractivity contribution in [2.45, 2.75) is 32.4 Å². The molecular weight excluding hydrogens is 268 g/mol. The maximum absolute atomic E-state index is 8.87. The molecule has 0 amide bonds. The third kappa shape index (κ3) is 3.22. The number of nitriles is 1. The van der Waals surface area contributed by atoms with Gasteiger partial charge in [0.25, 0.3) is 0 Å². The fourth-order valence-electron chi connectivity index (χ4n) is 1.34. The summed E-state index contributed by atoms with van der Waals surface area (Å²) in [6.45, 7) is 3.81. The first-order chi connectivity index (χ1) is 7.58. The highest BCUT2D eigenvalue weighted by atomic mass is 79.9. The number of hydrogen-bond donors (Lipinski definition) is 1. The second kappa shape index (κ2) is 5.88. The van der Waals surface area contributed by atoms with Crippen molar-refractivity contribution in [1.82, 2.24) is 0 Å². The summed E-state index contributed by atoms with van der Waals surface area (Å²) in [7, 11) is 0. The second-order valence-corrected chi connectivity index (χ2v) is 4.53. The SMILES string of the molecule is CCC(C#N)Oc1cc(Br)ccc1C(C)N. The summed E-state index contributed by atoms with van der Waals surface area (Å²) in [4.78, 5) is 0. The number of nitrogens with zero attached hydrogens (tertiary/aromatic N) is 1. The molecule has 2 unspecified atom stereocenters. The van der Waals surface area contributed by atoms with Crippen LogP contribution >= 0.6 is 15.9 Å². The van der Waals surface area contributed by atoms with Gasteiger partial charge in [0.2, 0.25) is 0 Å². The average molecular weight is 283 g/mol. The van der Waals surface area contributed by atoms with Crippen LogP contribution in [0, 0.1) is 11.3 Å². The predicted molar refractivity (Wildman–Crippen MR) is 67.1 cm³/mol. The zero-order chi connectivity index (χ0) is 12.1. The number of nitrogens with two attached hydrogens (primary N) is 1. The Morgan fingerprint density at radius 1 is 1.56 bits per heavy atom. The topological polar surface area (TPSA) is 59.0 Å². The lowest BCUT2D eigenvalue weighted by Gasteiger charge is -2.16. The van der Waals surface area contributed by atoms with Crippen LogP contribution in [-0.2, 0) is 0 Å². The van der Waals surface area contributed by atoms with Crippen LogP contribution in [0.2, 0.25) is 0 Å². The Labute approximate surface area is 104 Å². The molecule has 3 nitrogen and oxygen atoms in total. The molecule has 2 atom stereocenters. The lowest BCUT2D eigenvalue weighted by Crippen LogP contribution is -2.15. The highest BCUT2D eigenvalue weighted by molar-refractivity contribution is 9.10. The van der Waals surface area contributed by atoms with E-state index < -0.39 is 6.10 Å². The lowest BCUT2D eigenvalue weighted by atomic mass is 10.1. The average Bonchev–Trinajstić information content (AvgIpc) is 2.25. The van der Waals surface area contributed by atoms with E-state index in [0.29, 0.717) is 12.2 Å². The van der Waals surface area contributed by atoms with Gasteiger partial charge in [-0.15, -0.1) is 0 Å². The van der Waals surface area contributed by atoms with Crippen molar-refractivity contribution in [2.75, 3.05) is 0 Å². The summed E-state index contributed by atoms with van der Waals surface area (Å²) in [6, 6.07) is 7.67. The zero-order valence-electron chi connectivity index (χ0n) is 9.40. The monoisotopic (exact) mass is 282 g/mol. The quantitative estimate of drug-likeness (QED) is 0.923. The maximum Gasteiger partial charge on any atom is 0.184 e. The molecule has 1 rings (SSSR count). The Morgan fingerprint density at radius 3 is 2.75 bits per heavy atom. The van der Waals surface area contributed by atoms with Crippen molar-refractivity contribution in [2.24, 2.45) is 5.73 Å². The predicted octanol–water partition coefficient (Wildman–Crippen LogP) is 3.15. The lowest BCUT2D eigenvalue weighted by molar-refractivity contribution is 0.248. The van der Waals surface area contributed by atoms with Crippen LogP contribution in [0.25, 0.3) is 0 Å². The Kier molecular flexibility index (Phi) is 4.78. The molecule has 0 bridgehead atoms. The standard InChI is InChI=1S/C12H15BrN2O/c1-3-10(7-14)16-12-6-9(13)4-5-11(12)8(2)15/h4-6,8,10H,3,15H2,1-2H3. The van der Waals surface area contributed by atoms with Crippen molar-refractivity contribution in [3.63, 3.8) is 0 Å². The van der Waals surface area contributed by atoms with Gasteiger partial charge in [0.15, 0.2) is 6.10 Å². The fraction of sp³-hybridized carbons (Fsp3) is 0.417. The third-order valence-electron chi connectivity index (χ3n) is 2.25. The summed E-state index contributed by atoms with van der Waals surface area (Å²) >= 11 is 3.38. The number of rotatable bonds is 4. The molecule has 2 N–H and O–H groups in total. The Bertz CT molecular complexity index is 398. The Morgan fingerprint density at radius 2 is 2.25 bits per heavy atom. The molecule has 0 aliphatic heterocycles. The number of hydrogen-bond acceptors (Lipinski definition) is 3. The Balaban J connectivity index is 3.01. The van der Waals surface area contributed by atoms with Crippen LogP contribution < -0.4 is 10.5 Å². The van der Waals surface area contributed by atoms with Gasteiger partial charge in [0.1, 0.15) is 11.8 Å². The highest BCUT2D eigenvalue weighted by Gasteiger charge is 2.13. The molecule has 4 heteroatoms. The number of ether oxygens (including phenoxy) is 1. The van der Waals surface area contributed by atoms with E-state index in [9.17, 15) is 0 Å². The van der Waals surface area contributed by atoms with Crippen LogP contribution in [-0.4, -0.2) is 6.10 Å². The van der Waals surface area contributed by atoms with Crippen LogP contribution in [0.5, 0.6) is 5.75 Å². The van der Waals surface area contributed by atoms with E-state index in [1.54, 1.807) is 0 Å². The van der Waals surface area contributed by atoms with Gasteiger partial charge >= 0.3 is 0 Å².